The van der Waals surface area contributed by atoms with E-state index in [1.807, 2.05) is 4.90 Å². The van der Waals surface area contributed by atoms with Gasteiger partial charge in [-0.1, -0.05) is 45.0 Å². The van der Waals surface area contributed by atoms with Gasteiger partial charge in [-0.15, -0.1) is 0 Å². The lowest BCUT2D eigenvalue weighted by Gasteiger charge is -2.26. The van der Waals surface area contributed by atoms with E-state index in [-0.39, 0.29) is 17.4 Å². The van der Waals surface area contributed by atoms with Crippen LogP contribution in [-0.4, -0.2) is 23.9 Å². The van der Waals surface area contributed by atoms with E-state index in [1.54, 1.807) is 0 Å². The van der Waals surface area contributed by atoms with Crippen LogP contribution in [0.2, 0.25) is 0 Å². The Morgan fingerprint density at radius 3 is 2.52 bits per heavy atom. The standard InChI is InChI=1S/C18H28N2O/c1-18(2,3)15-10-8-14(9-11-15)16-6-5-13-20(16)17(21)7-4-12-19/h8-11,16H,4-7,12-13,19H2,1-3H3. The Bertz CT molecular complexity index is 473. The van der Waals surface area contributed by atoms with Gasteiger partial charge in [0.2, 0.25) is 5.91 Å². The average molecular weight is 288 g/mol. The second-order valence-electron chi connectivity index (χ2n) is 7.01. The van der Waals surface area contributed by atoms with Crippen molar-refractivity contribution in [3.63, 3.8) is 0 Å². The Kier molecular flexibility index (Phi) is 5.04. The molecule has 3 heteroatoms. The molecule has 21 heavy (non-hydrogen) atoms. The summed E-state index contributed by atoms with van der Waals surface area (Å²) >= 11 is 0. The lowest BCUT2D eigenvalue weighted by Crippen LogP contribution is -2.30. The molecule has 1 aliphatic heterocycles. The summed E-state index contributed by atoms with van der Waals surface area (Å²) in [5, 5.41) is 0. The third-order valence-electron chi connectivity index (χ3n) is 4.33. The highest BCUT2D eigenvalue weighted by atomic mass is 16.2. The number of carbonyl (C=O) groups is 1. The van der Waals surface area contributed by atoms with E-state index < -0.39 is 0 Å². The largest absolute Gasteiger partial charge is 0.336 e. The number of rotatable bonds is 4. The molecule has 1 aliphatic rings. The summed E-state index contributed by atoms with van der Waals surface area (Å²) in [7, 11) is 0. The van der Waals surface area contributed by atoms with E-state index in [4.69, 9.17) is 5.73 Å². The Hall–Kier alpha value is -1.35. The molecule has 1 saturated heterocycles. The Morgan fingerprint density at radius 2 is 1.95 bits per heavy atom. The van der Waals surface area contributed by atoms with Crippen LogP contribution in [-0.2, 0) is 10.2 Å². The van der Waals surface area contributed by atoms with E-state index in [1.165, 1.54) is 11.1 Å². The first-order chi connectivity index (χ1) is 9.93. The third kappa shape index (κ3) is 3.85. The zero-order chi connectivity index (χ0) is 15.5. The Labute approximate surface area is 128 Å². The average Bonchev–Trinajstić information content (AvgIpc) is 2.93. The monoisotopic (exact) mass is 288 g/mol. The summed E-state index contributed by atoms with van der Waals surface area (Å²) in [6, 6.07) is 9.05. The lowest BCUT2D eigenvalue weighted by molar-refractivity contribution is -0.132. The maximum absolute atomic E-state index is 12.3. The first kappa shape index (κ1) is 16.0. The lowest BCUT2D eigenvalue weighted by atomic mass is 9.86. The summed E-state index contributed by atoms with van der Waals surface area (Å²) in [5.74, 6) is 0.253. The number of nitrogens with two attached hydrogens (primary N) is 1. The van der Waals surface area contributed by atoms with Gasteiger partial charge in [0, 0.05) is 13.0 Å². The molecule has 1 heterocycles. The van der Waals surface area contributed by atoms with Crippen LogP contribution in [0.5, 0.6) is 0 Å². The first-order valence-corrected chi connectivity index (χ1v) is 8.03. The minimum atomic E-state index is 0.171. The second kappa shape index (κ2) is 6.61. The first-order valence-electron chi connectivity index (χ1n) is 8.03. The van der Waals surface area contributed by atoms with E-state index in [9.17, 15) is 4.79 Å². The number of hydrogen-bond acceptors (Lipinski definition) is 2. The van der Waals surface area contributed by atoms with Crippen molar-refractivity contribution >= 4 is 5.91 Å². The summed E-state index contributed by atoms with van der Waals surface area (Å²) in [6.07, 6.45) is 3.53. The van der Waals surface area contributed by atoms with Crippen molar-refractivity contribution in [2.24, 2.45) is 5.73 Å². The highest BCUT2D eigenvalue weighted by molar-refractivity contribution is 5.77. The predicted octanol–water partition coefficient (Wildman–Crippen LogP) is 3.39. The second-order valence-corrected chi connectivity index (χ2v) is 7.01. The van der Waals surface area contributed by atoms with Crippen LogP contribution >= 0.6 is 0 Å². The highest BCUT2D eigenvalue weighted by Gasteiger charge is 2.29. The molecule has 1 amide bonds. The van der Waals surface area contributed by atoms with Crippen molar-refractivity contribution in [3.8, 4) is 0 Å². The van der Waals surface area contributed by atoms with Gasteiger partial charge >= 0.3 is 0 Å². The fourth-order valence-corrected chi connectivity index (χ4v) is 3.01. The van der Waals surface area contributed by atoms with E-state index >= 15 is 0 Å². The number of amides is 1. The molecular weight excluding hydrogens is 260 g/mol. The molecule has 1 fully saturated rings. The normalized spacial score (nSPS) is 19.0. The molecule has 0 bridgehead atoms. The van der Waals surface area contributed by atoms with Gasteiger partial charge in [0.25, 0.3) is 0 Å². The Balaban J connectivity index is 2.11. The quantitative estimate of drug-likeness (QED) is 0.923. The van der Waals surface area contributed by atoms with Crippen LogP contribution in [0.25, 0.3) is 0 Å². The molecule has 2 N–H and O–H groups in total. The van der Waals surface area contributed by atoms with Crippen molar-refractivity contribution in [3.05, 3.63) is 35.4 Å². The number of nitrogens with zero attached hydrogens (tertiary/aromatic N) is 1. The van der Waals surface area contributed by atoms with Gasteiger partial charge in [0.05, 0.1) is 6.04 Å². The molecule has 0 saturated carbocycles. The number of carbonyl (C=O) groups excluding carboxylic acids is 1. The SMILES string of the molecule is CC(C)(C)c1ccc(C2CCCN2C(=O)CCCN)cc1. The van der Waals surface area contributed by atoms with E-state index in [0.29, 0.717) is 13.0 Å². The van der Waals surface area contributed by atoms with Crippen molar-refractivity contribution in [2.45, 2.75) is 57.9 Å². The predicted molar refractivity (Wildman–Crippen MR) is 87.1 cm³/mol. The molecule has 1 atom stereocenters. The fourth-order valence-electron chi connectivity index (χ4n) is 3.01. The van der Waals surface area contributed by atoms with Gasteiger partial charge in [0.1, 0.15) is 0 Å². The van der Waals surface area contributed by atoms with Crippen molar-refractivity contribution < 1.29 is 4.79 Å². The van der Waals surface area contributed by atoms with Crippen molar-refractivity contribution in [1.82, 2.24) is 4.90 Å². The molecule has 1 unspecified atom stereocenters. The van der Waals surface area contributed by atoms with Gasteiger partial charge in [-0.05, 0) is 42.3 Å². The van der Waals surface area contributed by atoms with Crippen molar-refractivity contribution in [2.75, 3.05) is 13.1 Å². The van der Waals surface area contributed by atoms with Gasteiger partial charge < -0.3 is 10.6 Å². The summed E-state index contributed by atoms with van der Waals surface area (Å²) in [4.78, 5) is 14.3. The minimum Gasteiger partial charge on any atom is -0.336 e. The summed E-state index contributed by atoms with van der Waals surface area (Å²) in [6.45, 7) is 8.14. The zero-order valence-corrected chi connectivity index (χ0v) is 13.6. The van der Waals surface area contributed by atoms with Crippen LogP contribution in [0, 0.1) is 0 Å². The molecule has 3 nitrogen and oxygen atoms in total. The van der Waals surface area contributed by atoms with Gasteiger partial charge in [-0.2, -0.15) is 0 Å². The van der Waals surface area contributed by atoms with Crippen LogP contribution in [0.15, 0.2) is 24.3 Å². The fraction of sp³-hybridized carbons (Fsp3) is 0.611. The molecular formula is C18H28N2O. The van der Waals surface area contributed by atoms with Crippen LogP contribution in [0.1, 0.15) is 63.6 Å². The molecule has 116 valence electrons. The number of likely N-dealkylation sites (tertiary alicyclic amines) is 1. The molecule has 0 aromatic heterocycles. The molecule has 1 aromatic rings. The molecule has 1 aromatic carbocycles. The summed E-state index contributed by atoms with van der Waals surface area (Å²) < 4.78 is 0. The topological polar surface area (TPSA) is 46.3 Å². The van der Waals surface area contributed by atoms with Crippen LogP contribution in [0.4, 0.5) is 0 Å². The zero-order valence-electron chi connectivity index (χ0n) is 13.6. The van der Waals surface area contributed by atoms with Gasteiger partial charge in [-0.25, -0.2) is 0 Å². The summed E-state index contributed by atoms with van der Waals surface area (Å²) in [5.41, 5.74) is 8.28. The molecule has 0 aliphatic carbocycles. The third-order valence-corrected chi connectivity index (χ3v) is 4.33. The number of hydrogen-bond donors (Lipinski definition) is 1. The van der Waals surface area contributed by atoms with Gasteiger partial charge in [0.15, 0.2) is 0 Å². The van der Waals surface area contributed by atoms with Crippen molar-refractivity contribution in [1.29, 1.82) is 0 Å². The van der Waals surface area contributed by atoms with Crippen LogP contribution < -0.4 is 5.73 Å². The molecule has 2 rings (SSSR count). The molecule has 0 spiro atoms. The highest BCUT2D eigenvalue weighted by Crippen LogP contribution is 2.33. The van der Waals surface area contributed by atoms with E-state index in [2.05, 4.69) is 45.0 Å². The van der Waals surface area contributed by atoms with Crippen LogP contribution in [0.3, 0.4) is 0 Å². The van der Waals surface area contributed by atoms with Gasteiger partial charge in [-0.3, -0.25) is 4.79 Å². The minimum absolute atomic E-state index is 0.171. The number of benzene rings is 1. The Morgan fingerprint density at radius 1 is 1.29 bits per heavy atom. The maximum Gasteiger partial charge on any atom is 0.223 e. The maximum atomic E-state index is 12.3. The smallest absolute Gasteiger partial charge is 0.223 e. The van der Waals surface area contributed by atoms with E-state index in [0.717, 1.165) is 25.8 Å². The molecule has 0 radical (unpaired) electrons.